The Balaban J connectivity index is 0.00000144. The van der Waals surface area contributed by atoms with E-state index in [1.54, 1.807) is 0 Å². The first-order chi connectivity index (χ1) is 7.75. The Morgan fingerprint density at radius 2 is 1.47 bits per heavy atom. The molecule has 0 aliphatic heterocycles. The van der Waals surface area contributed by atoms with Gasteiger partial charge in [0.05, 0.1) is 0 Å². The van der Waals surface area contributed by atoms with E-state index in [0.29, 0.717) is 5.92 Å². The van der Waals surface area contributed by atoms with Crippen LogP contribution in [0.2, 0.25) is 0 Å². The summed E-state index contributed by atoms with van der Waals surface area (Å²) in [7, 11) is 0.766. The van der Waals surface area contributed by atoms with Gasteiger partial charge in [-0.2, -0.15) is 0 Å². The molecule has 0 aliphatic rings. The van der Waals surface area contributed by atoms with Gasteiger partial charge in [0, 0.05) is 0 Å². The fraction of sp³-hybridized carbons (Fsp3) is 0.200. The Morgan fingerprint density at radius 1 is 0.824 bits per heavy atom. The summed E-state index contributed by atoms with van der Waals surface area (Å²) >= 11 is 0. The summed E-state index contributed by atoms with van der Waals surface area (Å²) in [5, 5.41) is 2.83. The van der Waals surface area contributed by atoms with E-state index in [1.165, 1.54) is 16.2 Å². The number of hydrogen-bond donors (Lipinski definition) is 0. The molecule has 1 atom stereocenters. The van der Waals surface area contributed by atoms with Crippen molar-refractivity contribution in [1.29, 1.82) is 0 Å². The Hall–Kier alpha value is -0.840. The standard InChI is InChI=1S/C15H17P.ClH/c1-12(2)13-7-6-10-15(11-13)16-14-8-4-3-5-9-14;/h3-12,16H,1-2H3;1H. The Morgan fingerprint density at radius 3 is 2.12 bits per heavy atom. The first-order valence-corrected chi connectivity index (χ1v) is 6.68. The normalized spacial score (nSPS) is 10.8. The van der Waals surface area contributed by atoms with E-state index >= 15 is 0 Å². The quantitative estimate of drug-likeness (QED) is 0.739. The average Bonchev–Trinajstić information content (AvgIpc) is 2.30. The van der Waals surface area contributed by atoms with E-state index in [1.807, 2.05) is 0 Å². The van der Waals surface area contributed by atoms with Crippen molar-refractivity contribution in [2.75, 3.05) is 0 Å². The number of hydrogen-bond acceptors (Lipinski definition) is 0. The summed E-state index contributed by atoms with van der Waals surface area (Å²) in [4.78, 5) is 0. The van der Waals surface area contributed by atoms with Crippen LogP contribution in [0.5, 0.6) is 0 Å². The van der Waals surface area contributed by atoms with Crippen molar-refractivity contribution in [2.45, 2.75) is 19.8 Å². The summed E-state index contributed by atoms with van der Waals surface area (Å²) in [6.07, 6.45) is 0. The fourth-order valence-electron chi connectivity index (χ4n) is 1.66. The third-order valence-electron chi connectivity index (χ3n) is 2.62. The van der Waals surface area contributed by atoms with Gasteiger partial charge in [-0.3, -0.25) is 0 Å². The molecule has 1 unspecified atom stereocenters. The first-order valence-electron chi connectivity index (χ1n) is 5.68. The minimum atomic E-state index is 0. The molecule has 2 aromatic rings. The lowest BCUT2D eigenvalue weighted by Crippen LogP contribution is -2.04. The van der Waals surface area contributed by atoms with Crippen LogP contribution >= 0.6 is 21.0 Å². The Labute approximate surface area is 112 Å². The van der Waals surface area contributed by atoms with E-state index in [2.05, 4.69) is 68.4 Å². The molecular formula is C15H18ClP. The highest BCUT2D eigenvalue weighted by Crippen LogP contribution is 2.16. The lowest BCUT2D eigenvalue weighted by molar-refractivity contribution is 0.868. The summed E-state index contributed by atoms with van der Waals surface area (Å²) in [5.41, 5.74) is 1.43. The molecule has 0 spiro atoms. The SMILES string of the molecule is CC(C)c1cccc(Pc2ccccc2)c1.Cl. The summed E-state index contributed by atoms with van der Waals surface area (Å²) in [6.45, 7) is 4.48. The van der Waals surface area contributed by atoms with Crippen LogP contribution in [0.15, 0.2) is 54.6 Å². The van der Waals surface area contributed by atoms with Gasteiger partial charge in [0.15, 0.2) is 0 Å². The minimum Gasteiger partial charge on any atom is -0.147 e. The van der Waals surface area contributed by atoms with E-state index < -0.39 is 0 Å². The van der Waals surface area contributed by atoms with Crippen LogP contribution in [0.1, 0.15) is 25.3 Å². The monoisotopic (exact) mass is 264 g/mol. The summed E-state index contributed by atoms with van der Waals surface area (Å²) in [6, 6.07) is 19.6. The smallest absolute Gasteiger partial charge is 0.0219 e. The summed E-state index contributed by atoms with van der Waals surface area (Å²) in [5.74, 6) is 0.612. The van der Waals surface area contributed by atoms with Crippen molar-refractivity contribution in [3.8, 4) is 0 Å². The molecule has 2 rings (SSSR count). The number of rotatable bonds is 3. The van der Waals surface area contributed by atoms with E-state index in [0.717, 1.165) is 8.58 Å². The van der Waals surface area contributed by atoms with Gasteiger partial charge in [0.25, 0.3) is 0 Å². The molecule has 0 fully saturated rings. The lowest BCUT2D eigenvalue weighted by atomic mass is 10.0. The van der Waals surface area contributed by atoms with Crippen molar-refractivity contribution < 1.29 is 0 Å². The van der Waals surface area contributed by atoms with Crippen LogP contribution in [-0.2, 0) is 0 Å². The zero-order chi connectivity index (χ0) is 11.4. The maximum Gasteiger partial charge on any atom is -0.0219 e. The van der Waals surface area contributed by atoms with Gasteiger partial charge in [-0.25, -0.2) is 0 Å². The average molecular weight is 265 g/mol. The van der Waals surface area contributed by atoms with Crippen LogP contribution in [0, 0.1) is 0 Å². The van der Waals surface area contributed by atoms with Gasteiger partial charge in [-0.1, -0.05) is 77.0 Å². The molecule has 0 amide bonds. The molecule has 0 aliphatic carbocycles. The van der Waals surface area contributed by atoms with Crippen LogP contribution in [-0.4, -0.2) is 0 Å². The number of benzene rings is 2. The molecule has 0 aromatic heterocycles. The van der Waals surface area contributed by atoms with Gasteiger partial charge in [-0.15, -0.1) is 12.4 Å². The molecule has 2 heteroatoms. The minimum absolute atomic E-state index is 0. The van der Waals surface area contributed by atoms with E-state index in [4.69, 9.17) is 0 Å². The zero-order valence-corrected chi connectivity index (χ0v) is 12.0. The third kappa shape index (κ3) is 4.15. The van der Waals surface area contributed by atoms with Crippen molar-refractivity contribution in [3.63, 3.8) is 0 Å². The van der Waals surface area contributed by atoms with Crippen LogP contribution < -0.4 is 10.6 Å². The Bertz CT molecular complexity index is 451. The molecule has 0 saturated heterocycles. The molecule has 0 N–H and O–H groups in total. The highest BCUT2D eigenvalue weighted by molar-refractivity contribution is 7.55. The largest absolute Gasteiger partial charge is 0.147 e. The first kappa shape index (κ1) is 14.2. The van der Waals surface area contributed by atoms with Gasteiger partial charge >= 0.3 is 0 Å². The molecule has 0 radical (unpaired) electrons. The highest BCUT2D eigenvalue weighted by Gasteiger charge is 2.00. The van der Waals surface area contributed by atoms with Gasteiger partial charge in [0.1, 0.15) is 0 Å². The van der Waals surface area contributed by atoms with Crippen LogP contribution in [0.3, 0.4) is 0 Å². The van der Waals surface area contributed by atoms with Gasteiger partial charge < -0.3 is 0 Å². The second kappa shape index (κ2) is 6.79. The molecule has 2 aromatic carbocycles. The van der Waals surface area contributed by atoms with Gasteiger partial charge in [0.2, 0.25) is 0 Å². The van der Waals surface area contributed by atoms with E-state index in [9.17, 15) is 0 Å². The maximum atomic E-state index is 2.33. The lowest BCUT2D eigenvalue weighted by Gasteiger charge is -2.08. The van der Waals surface area contributed by atoms with Crippen molar-refractivity contribution in [3.05, 3.63) is 60.2 Å². The molecule has 0 bridgehead atoms. The predicted octanol–water partition coefficient (Wildman–Crippen LogP) is 3.86. The molecular weight excluding hydrogens is 247 g/mol. The van der Waals surface area contributed by atoms with Crippen molar-refractivity contribution >= 4 is 31.6 Å². The highest BCUT2D eigenvalue weighted by atomic mass is 35.5. The Kier molecular flexibility index (Phi) is 5.68. The molecule has 0 nitrogen and oxygen atoms in total. The zero-order valence-electron chi connectivity index (χ0n) is 10.2. The van der Waals surface area contributed by atoms with Gasteiger partial charge in [-0.05, 0) is 22.1 Å². The van der Waals surface area contributed by atoms with Crippen LogP contribution in [0.25, 0.3) is 0 Å². The fourth-order valence-corrected chi connectivity index (χ4v) is 2.77. The number of halogens is 1. The second-order valence-electron chi connectivity index (χ2n) is 4.27. The summed E-state index contributed by atoms with van der Waals surface area (Å²) < 4.78 is 0. The maximum absolute atomic E-state index is 2.33. The van der Waals surface area contributed by atoms with Crippen molar-refractivity contribution in [2.24, 2.45) is 0 Å². The molecule has 90 valence electrons. The molecule has 0 saturated carbocycles. The topological polar surface area (TPSA) is 0 Å². The second-order valence-corrected chi connectivity index (χ2v) is 5.68. The third-order valence-corrected chi connectivity index (χ3v) is 3.84. The predicted molar refractivity (Wildman–Crippen MR) is 81.8 cm³/mol. The molecule has 0 heterocycles. The molecule has 17 heavy (non-hydrogen) atoms. The van der Waals surface area contributed by atoms with Crippen molar-refractivity contribution in [1.82, 2.24) is 0 Å². The van der Waals surface area contributed by atoms with E-state index in [-0.39, 0.29) is 12.4 Å². The van der Waals surface area contributed by atoms with Crippen LogP contribution in [0.4, 0.5) is 0 Å².